The molecule has 1 aromatic carbocycles. The molecule has 1 aromatic rings. The van der Waals surface area contributed by atoms with Crippen molar-refractivity contribution in [2.75, 3.05) is 30.5 Å². The molecule has 1 rings (SSSR count). The van der Waals surface area contributed by atoms with Crippen LogP contribution in [-0.4, -0.2) is 40.8 Å². The molecule has 0 aliphatic heterocycles. The van der Waals surface area contributed by atoms with Gasteiger partial charge in [0, 0.05) is 30.1 Å². The molecular weight excluding hydrogens is 292 g/mol. The van der Waals surface area contributed by atoms with Crippen molar-refractivity contribution in [1.29, 1.82) is 0 Å². The summed E-state index contributed by atoms with van der Waals surface area (Å²) in [6.07, 6.45) is 2.74. The normalized spacial score (nSPS) is 13.5. The van der Waals surface area contributed by atoms with Gasteiger partial charge in [0.1, 0.15) is 5.75 Å². The molecule has 6 nitrogen and oxygen atoms in total. The summed E-state index contributed by atoms with van der Waals surface area (Å²) in [5.41, 5.74) is -0.346. The molecule has 21 heavy (non-hydrogen) atoms. The fraction of sp³-hybridized carbons (Fsp3) is 0.571. The number of anilines is 1. The van der Waals surface area contributed by atoms with E-state index in [9.17, 15) is 15.2 Å². The van der Waals surface area contributed by atoms with Crippen molar-refractivity contribution in [3.63, 3.8) is 0 Å². The number of nitro groups is 1. The Morgan fingerprint density at radius 1 is 1.48 bits per heavy atom. The molecule has 0 aliphatic carbocycles. The van der Waals surface area contributed by atoms with Crippen LogP contribution in [0.1, 0.15) is 20.3 Å². The highest BCUT2D eigenvalue weighted by Gasteiger charge is 2.20. The molecule has 7 heteroatoms. The van der Waals surface area contributed by atoms with Crippen molar-refractivity contribution in [2.24, 2.45) is 0 Å². The smallest absolute Gasteiger partial charge is 0.275 e. The minimum atomic E-state index is -0.880. The number of nitrogens with one attached hydrogen (secondary N) is 1. The molecule has 0 amide bonds. The first-order valence-electron chi connectivity index (χ1n) is 6.75. The summed E-state index contributed by atoms with van der Waals surface area (Å²) in [6, 6.07) is 4.55. The molecule has 0 bridgehead atoms. The van der Waals surface area contributed by atoms with Crippen molar-refractivity contribution >= 4 is 23.1 Å². The molecular formula is C14H22N2O4S. The standard InChI is InChI=1S/C14H22N2O4S/c1-4-5-20-13-7-11(6-12(8-13)16(18)19)15-9-14(2,17)10-21-3/h6-8,15,17H,4-5,9-10H2,1-3H3. The first-order valence-corrected chi connectivity index (χ1v) is 8.15. The summed E-state index contributed by atoms with van der Waals surface area (Å²) >= 11 is 1.54. The van der Waals surface area contributed by atoms with Crippen LogP contribution in [-0.2, 0) is 0 Å². The molecule has 0 radical (unpaired) electrons. The van der Waals surface area contributed by atoms with E-state index >= 15 is 0 Å². The topological polar surface area (TPSA) is 84.6 Å². The lowest BCUT2D eigenvalue weighted by molar-refractivity contribution is -0.384. The number of hydrogen-bond acceptors (Lipinski definition) is 6. The molecule has 1 unspecified atom stereocenters. The highest BCUT2D eigenvalue weighted by atomic mass is 32.2. The van der Waals surface area contributed by atoms with Crippen LogP contribution in [0.15, 0.2) is 18.2 Å². The lowest BCUT2D eigenvalue weighted by atomic mass is 10.1. The number of non-ortho nitro benzene ring substituents is 1. The molecule has 0 fully saturated rings. The van der Waals surface area contributed by atoms with E-state index in [0.717, 1.165) is 6.42 Å². The van der Waals surface area contributed by atoms with Gasteiger partial charge in [-0.1, -0.05) is 6.92 Å². The number of ether oxygens (including phenoxy) is 1. The average Bonchev–Trinajstić information content (AvgIpc) is 2.43. The van der Waals surface area contributed by atoms with Crippen LogP contribution >= 0.6 is 11.8 Å². The van der Waals surface area contributed by atoms with Crippen LogP contribution in [0.5, 0.6) is 5.75 Å². The first kappa shape index (κ1) is 17.6. The zero-order chi connectivity index (χ0) is 15.9. The van der Waals surface area contributed by atoms with Crippen LogP contribution in [0.3, 0.4) is 0 Å². The third-order valence-corrected chi connectivity index (χ3v) is 3.61. The minimum Gasteiger partial charge on any atom is -0.493 e. The van der Waals surface area contributed by atoms with Crippen molar-refractivity contribution in [1.82, 2.24) is 0 Å². The van der Waals surface area contributed by atoms with E-state index in [2.05, 4.69) is 5.32 Å². The third kappa shape index (κ3) is 6.22. The Hall–Kier alpha value is -1.47. The summed E-state index contributed by atoms with van der Waals surface area (Å²) in [6.45, 7) is 4.51. The van der Waals surface area contributed by atoms with E-state index in [1.54, 1.807) is 24.8 Å². The Balaban J connectivity index is 2.84. The quantitative estimate of drug-likeness (QED) is 0.538. The van der Waals surface area contributed by atoms with Crippen molar-refractivity contribution in [3.05, 3.63) is 28.3 Å². The largest absolute Gasteiger partial charge is 0.493 e. The number of thioether (sulfide) groups is 1. The predicted octanol–water partition coefficient (Wildman–Crippen LogP) is 2.91. The van der Waals surface area contributed by atoms with E-state index in [1.807, 2.05) is 13.2 Å². The van der Waals surface area contributed by atoms with Gasteiger partial charge in [0.25, 0.3) is 5.69 Å². The van der Waals surface area contributed by atoms with E-state index in [1.165, 1.54) is 12.1 Å². The maximum absolute atomic E-state index is 11.0. The predicted molar refractivity (Wildman–Crippen MR) is 86.4 cm³/mol. The molecule has 0 saturated heterocycles. The monoisotopic (exact) mass is 314 g/mol. The highest BCUT2D eigenvalue weighted by molar-refractivity contribution is 7.98. The highest BCUT2D eigenvalue weighted by Crippen LogP contribution is 2.26. The van der Waals surface area contributed by atoms with Crippen LogP contribution in [0.2, 0.25) is 0 Å². The van der Waals surface area contributed by atoms with Gasteiger partial charge in [-0.15, -0.1) is 0 Å². The zero-order valence-corrected chi connectivity index (χ0v) is 13.4. The second kappa shape index (κ2) is 8.09. The fourth-order valence-electron chi connectivity index (χ4n) is 1.75. The van der Waals surface area contributed by atoms with Gasteiger partial charge in [-0.05, 0) is 19.6 Å². The zero-order valence-electron chi connectivity index (χ0n) is 12.6. The van der Waals surface area contributed by atoms with Crippen molar-refractivity contribution in [3.8, 4) is 5.75 Å². The van der Waals surface area contributed by atoms with Gasteiger partial charge in [-0.25, -0.2) is 0 Å². The van der Waals surface area contributed by atoms with Crippen LogP contribution in [0, 0.1) is 10.1 Å². The van der Waals surface area contributed by atoms with Gasteiger partial charge in [-0.3, -0.25) is 10.1 Å². The molecule has 2 N–H and O–H groups in total. The number of nitrogens with zero attached hydrogens (tertiary/aromatic N) is 1. The second-order valence-electron chi connectivity index (χ2n) is 5.10. The van der Waals surface area contributed by atoms with Gasteiger partial charge in [-0.2, -0.15) is 11.8 Å². The molecule has 0 aliphatic rings. The summed E-state index contributed by atoms with van der Waals surface area (Å²) in [4.78, 5) is 10.5. The SMILES string of the molecule is CCCOc1cc(NCC(C)(O)CSC)cc([N+](=O)[O-])c1. The minimum absolute atomic E-state index is 0.0318. The van der Waals surface area contributed by atoms with Crippen molar-refractivity contribution in [2.45, 2.75) is 25.9 Å². The lowest BCUT2D eigenvalue weighted by Crippen LogP contribution is -2.36. The summed E-state index contributed by atoms with van der Waals surface area (Å²) in [7, 11) is 0. The number of rotatable bonds is 9. The Morgan fingerprint density at radius 2 is 2.19 bits per heavy atom. The first-order chi connectivity index (χ1) is 9.88. The molecule has 0 heterocycles. The van der Waals surface area contributed by atoms with E-state index in [4.69, 9.17) is 4.74 Å². The van der Waals surface area contributed by atoms with Gasteiger partial charge in [0.05, 0.1) is 23.2 Å². The Labute approximate surface area is 129 Å². The Morgan fingerprint density at radius 3 is 2.76 bits per heavy atom. The molecule has 0 saturated carbocycles. The summed E-state index contributed by atoms with van der Waals surface area (Å²) < 4.78 is 5.46. The second-order valence-corrected chi connectivity index (χ2v) is 5.97. The number of hydrogen-bond donors (Lipinski definition) is 2. The lowest BCUT2D eigenvalue weighted by Gasteiger charge is -2.23. The van der Waals surface area contributed by atoms with Crippen molar-refractivity contribution < 1.29 is 14.8 Å². The maximum Gasteiger partial charge on any atom is 0.275 e. The average molecular weight is 314 g/mol. The van der Waals surface area contributed by atoms with Crippen LogP contribution < -0.4 is 10.1 Å². The molecule has 0 aromatic heterocycles. The summed E-state index contributed by atoms with van der Waals surface area (Å²) in [5.74, 6) is 1.03. The van der Waals surface area contributed by atoms with Crippen LogP contribution in [0.25, 0.3) is 0 Å². The van der Waals surface area contributed by atoms with E-state index < -0.39 is 10.5 Å². The van der Waals surface area contributed by atoms with E-state index in [-0.39, 0.29) is 5.69 Å². The maximum atomic E-state index is 11.0. The third-order valence-electron chi connectivity index (χ3n) is 2.70. The van der Waals surface area contributed by atoms with Gasteiger partial charge in [0.15, 0.2) is 0 Å². The van der Waals surface area contributed by atoms with Gasteiger partial charge in [0.2, 0.25) is 0 Å². The van der Waals surface area contributed by atoms with Gasteiger partial charge >= 0.3 is 0 Å². The van der Waals surface area contributed by atoms with Gasteiger partial charge < -0.3 is 15.2 Å². The van der Waals surface area contributed by atoms with Crippen LogP contribution in [0.4, 0.5) is 11.4 Å². The number of nitro benzene ring substituents is 1. The number of benzene rings is 1. The molecule has 1 atom stereocenters. The fourth-order valence-corrected chi connectivity index (χ4v) is 2.47. The number of aliphatic hydroxyl groups is 1. The molecule has 118 valence electrons. The van der Waals surface area contributed by atoms with E-state index in [0.29, 0.717) is 30.3 Å². The Kier molecular flexibility index (Phi) is 6.77. The Bertz CT molecular complexity index is 480. The molecule has 0 spiro atoms. The summed E-state index contributed by atoms with van der Waals surface area (Å²) in [5, 5.41) is 24.1.